The summed E-state index contributed by atoms with van der Waals surface area (Å²) in [4.78, 5) is 2.31. The Kier molecular flexibility index (Phi) is 6.78. The molecule has 0 aromatic carbocycles. The molecule has 3 heteroatoms. The standard InChI is InChI=1S/C16H34N2O/c1-6-10-17-15-14(8-7-9-16(15,3)4)11-18(5)13(2)12-19/h13-15,17,19H,6-12H2,1-5H3. The van der Waals surface area contributed by atoms with Crippen LogP contribution >= 0.6 is 0 Å². The first-order chi connectivity index (χ1) is 8.92. The Hall–Kier alpha value is -0.120. The largest absolute Gasteiger partial charge is 0.395 e. The third-order valence-corrected chi connectivity index (χ3v) is 4.86. The normalized spacial score (nSPS) is 28.6. The van der Waals surface area contributed by atoms with Crippen molar-refractivity contribution in [1.82, 2.24) is 10.2 Å². The van der Waals surface area contributed by atoms with E-state index in [4.69, 9.17) is 0 Å². The second kappa shape index (κ2) is 7.61. The average Bonchev–Trinajstić information content (AvgIpc) is 2.36. The highest BCUT2D eigenvalue weighted by atomic mass is 16.3. The zero-order chi connectivity index (χ0) is 14.5. The van der Waals surface area contributed by atoms with E-state index in [-0.39, 0.29) is 12.6 Å². The van der Waals surface area contributed by atoms with Gasteiger partial charge in [-0.15, -0.1) is 0 Å². The SMILES string of the molecule is CCCNC1C(CN(C)C(C)CO)CCCC1(C)C. The van der Waals surface area contributed by atoms with Crippen LogP contribution in [-0.4, -0.2) is 48.8 Å². The molecule has 0 spiro atoms. The molecule has 0 heterocycles. The van der Waals surface area contributed by atoms with Gasteiger partial charge in [-0.25, -0.2) is 0 Å². The van der Waals surface area contributed by atoms with E-state index in [2.05, 4.69) is 45.0 Å². The molecule has 0 aromatic heterocycles. The number of likely N-dealkylation sites (N-methyl/N-ethyl adjacent to an activating group) is 1. The maximum atomic E-state index is 9.29. The second-order valence-corrected chi connectivity index (χ2v) is 7.04. The fourth-order valence-electron chi connectivity index (χ4n) is 3.41. The van der Waals surface area contributed by atoms with E-state index in [9.17, 15) is 5.11 Å². The van der Waals surface area contributed by atoms with Crippen molar-refractivity contribution in [3.8, 4) is 0 Å². The van der Waals surface area contributed by atoms with Gasteiger partial charge in [0.15, 0.2) is 0 Å². The van der Waals surface area contributed by atoms with Crippen LogP contribution in [0, 0.1) is 11.3 Å². The number of nitrogens with zero attached hydrogens (tertiary/aromatic N) is 1. The van der Waals surface area contributed by atoms with Crippen LogP contribution < -0.4 is 5.32 Å². The molecule has 1 aliphatic carbocycles. The predicted octanol–water partition coefficient (Wildman–Crippen LogP) is 2.49. The maximum absolute atomic E-state index is 9.29. The molecule has 3 unspecified atom stereocenters. The maximum Gasteiger partial charge on any atom is 0.0584 e. The minimum absolute atomic E-state index is 0.250. The zero-order valence-corrected chi connectivity index (χ0v) is 13.6. The van der Waals surface area contributed by atoms with Crippen molar-refractivity contribution in [2.75, 3.05) is 26.7 Å². The van der Waals surface area contributed by atoms with E-state index in [1.807, 2.05) is 0 Å². The number of rotatable bonds is 7. The highest BCUT2D eigenvalue weighted by Crippen LogP contribution is 2.39. The third-order valence-electron chi connectivity index (χ3n) is 4.86. The Morgan fingerprint density at radius 2 is 2.11 bits per heavy atom. The van der Waals surface area contributed by atoms with Gasteiger partial charge >= 0.3 is 0 Å². The Morgan fingerprint density at radius 3 is 2.68 bits per heavy atom. The fraction of sp³-hybridized carbons (Fsp3) is 1.00. The van der Waals surface area contributed by atoms with Crippen molar-refractivity contribution >= 4 is 0 Å². The van der Waals surface area contributed by atoms with Crippen molar-refractivity contribution in [2.45, 2.75) is 65.5 Å². The average molecular weight is 270 g/mol. The zero-order valence-electron chi connectivity index (χ0n) is 13.6. The highest BCUT2D eigenvalue weighted by molar-refractivity contribution is 4.94. The lowest BCUT2D eigenvalue weighted by Gasteiger charge is -2.46. The van der Waals surface area contributed by atoms with Gasteiger partial charge in [0.05, 0.1) is 6.61 Å². The lowest BCUT2D eigenvalue weighted by atomic mass is 9.67. The van der Waals surface area contributed by atoms with E-state index in [1.54, 1.807) is 0 Å². The Balaban J connectivity index is 2.66. The van der Waals surface area contributed by atoms with Gasteiger partial charge in [-0.2, -0.15) is 0 Å². The third kappa shape index (κ3) is 4.73. The summed E-state index contributed by atoms with van der Waals surface area (Å²) in [5.74, 6) is 0.703. The summed E-state index contributed by atoms with van der Waals surface area (Å²) in [6, 6.07) is 0.867. The first-order valence-electron chi connectivity index (χ1n) is 7.96. The van der Waals surface area contributed by atoms with E-state index in [1.165, 1.54) is 25.7 Å². The molecule has 0 aliphatic heterocycles. The molecule has 1 fully saturated rings. The molecule has 3 nitrogen and oxygen atoms in total. The number of hydrogen-bond acceptors (Lipinski definition) is 3. The van der Waals surface area contributed by atoms with E-state index >= 15 is 0 Å². The lowest BCUT2D eigenvalue weighted by molar-refractivity contribution is 0.0656. The molecule has 0 aromatic rings. The summed E-state index contributed by atoms with van der Waals surface area (Å²) in [6.45, 7) is 11.6. The Morgan fingerprint density at radius 1 is 1.42 bits per heavy atom. The topological polar surface area (TPSA) is 35.5 Å². The molecular weight excluding hydrogens is 236 g/mol. The summed E-state index contributed by atoms with van der Waals surface area (Å²) < 4.78 is 0. The molecule has 0 amide bonds. The van der Waals surface area contributed by atoms with Crippen LogP contribution in [0.2, 0.25) is 0 Å². The van der Waals surface area contributed by atoms with Crippen LogP contribution in [0.1, 0.15) is 53.4 Å². The highest BCUT2D eigenvalue weighted by Gasteiger charge is 2.38. The van der Waals surface area contributed by atoms with Gasteiger partial charge in [-0.05, 0) is 51.1 Å². The van der Waals surface area contributed by atoms with Gasteiger partial charge in [-0.3, -0.25) is 0 Å². The predicted molar refractivity (Wildman–Crippen MR) is 82.4 cm³/mol. The van der Waals surface area contributed by atoms with Crippen LogP contribution in [0.4, 0.5) is 0 Å². The number of nitrogens with one attached hydrogen (secondary N) is 1. The van der Waals surface area contributed by atoms with Crippen molar-refractivity contribution in [2.24, 2.45) is 11.3 Å². The number of aliphatic hydroxyl groups excluding tert-OH is 1. The van der Waals surface area contributed by atoms with Crippen molar-refractivity contribution < 1.29 is 5.11 Å². The lowest BCUT2D eigenvalue weighted by Crippen LogP contribution is -2.53. The molecule has 3 atom stereocenters. The van der Waals surface area contributed by atoms with E-state index in [0.29, 0.717) is 17.4 Å². The van der Waals surface area contributed by atoms with Gasteiger partial charge in [0.1, 0.15) is 0 Å². The fourth-order valence-corrected chi connectivity index (χ4v) is 3.41. The quantitative estimate of drug-likeness (QED) is 0.746. The molecular formula is C16H34N2O. The van der Waals surface area contributed by atoms with Gasteiger partial charge in [-0.1, -0.05) is 27.2 Å². The number of hydrogen-bond donors (Lipinski definition) is 2. The first-order valence-corrected chi connectivity index (χ1v) is 7.96. The smallest absolute Gasteiger partial charge is 0.0584 e. The molecule has 0 saturated heterocycles. The van der Waals surface area contributed by atoms with Crippen LogP contribution in [0.3, 0.4) is 0 Å². The molecule has 0 bridgehead atoms. The number of aliphatic hydroxyl groups is 1. The minimum Gasteiger partial charge on any atom is -0.395 e. The van der Waals surface area contributed by atoms with Crippen LogP contribution in [0.25, 0.3) is 0 Å². The monoisotopic (exact) mass is 270 g/mol. The molecule has 1 rings (SSSR count). The van der Waals surface area contributed by atoms with Gasteiger partial charge < -0.3 is 15.3 Å². The summed E-state index contributed by atoms with van der Waals surface area (Å²) in [6.07, 6.45) is 5.17. The van der Waals surface area contributed by atoms with E-state index in [0.717, 1.165) is 13.1 Å². The Bertz CT molecular complexity index is 255. The van der Waals surface area contributed by atoms with Crippen molar-refractivity contribution in [1.29, 1.82) is 0 Å². The van der Waals surface area contributed by atoms with Gasteiger partial charge in [0.2, 0.25) is 0 Å². The molecule has 2 N–H and O–H groups in total. The summed E-state index contributed by atoms with van der Waals surface area (Å²) >= 11 is 0. The van der Waals surface area contributed by atoms with E-state index < -0.39 is 0 Å². The van der Waals surface area contributed by atoms with Crippen molar-refractivity contribution in [3.63, 3.8) is 0 Å². The molecule has 114 valence electrons. The van der Waals surface area contributed by atoms with Crippen molar-refractivity contribution in [3.05, 3.63) is 0 Å². The molecule has 19 heavy (non-hydrogen) atoms. The summed E-state index contributed by atoms with van der Waals surface area (Å²) in [7, 11) is 2.14. The summed E-state index contributed by atoms with van der Waals surface area (Å²) in [5, 5.41) is 13.1. The molecule has 0 radical (unpaired) electrons. The van der Waals surface area contributed by atoms with Crippen LogP contribution in [0.5, 0.6) is 0 Å². The van der Waals surface area contributed by atoms with Gasteiger partial charge in [0, 0.05) is 18.6 Å². The van der Waals surface area contributed by atoms with Gasteiger partial charge in [0.25, 0.3) is 0 Å². The van der Waals surface area contributed by atoms with Crippen LogP contribution in [-0.2, 0) is 0 Å². The van der Waals surface area contributed by atoms with Crippen LogP contribution in [0.15, 0.2) is 0 Å². The second-order valence-electron chi connectivity index (χ2n) is 7.04. The molecule has 1 saturated carbocycles. The Labute approximate surface area is 119 Å². The molecule has 1 aliphatic rings. The summed E-state index contributed by atoms with van der Waals surface area (Å²) in [5.41, 5.74) is 0.390. The first kappa shape index (κ1) is 16.9. The minimum atomic E-state index is 0.250.